The van der Waals surface area contributed by atoms with Crippen molar-refractivity contribution >= 4 is 5.78 Å². The normalized spacial score (nSPS) is 11.3. The molecule has 0 spiro atoms. The number of ketones is 1. The highest BCUT2D eigenvalue weighted by molar-refractivity contribution is 5.86. The fourth-order valence-electron chi connectivity index (χ4n) is 1.09. The first-order valence-corrected chi connectivity index (χ1v) is 4.41. The molecular formula is C12H12O2. The molecule has 1 rings (SSSR count). The van der Waals surface area contributed by atoms with Crippen LogP contribution in [-0.2, 0) is 4.79 Å². The molecule has 0 saturated carbocycles. The number of carbonyl (C=O) groups is 1. The van der Waals surface area contributed by atoms with Gasteiger partial charge in [-0.05, 0) is 12.5 Å². The van der Waals surface area contributed by atoms with Crippen molar-refractivity contribution in [1.82, 2.24) is 0 Å². The molecule has 0 bridgehead atoms. The van der Waals surface area contributed by atoms with Crippen molar-refractivity contribution in [1.29, 1.82) is 0 Å². The molecule has 0 aliphatic heterocycles. The second kappa shape index (κ2) is 5.21. The molecule has 2 nitrogen and oxygen atoms in total. The van der Waals surface area contributed by atoms with E-state index in [9.17, 15) is 9.90 Å². The SMILES string of the molecule is CC#CCC(=O)C(O)c1ccccc1. The smallest absolute Gasteiger partial charge is 0.177 e. The average molecular weight is 188 g/mol. The largest absolute Gasteiger partial charge is 0.381 e. The fraction of sp³-hybridized carbons (Fsp3) is 0.250. The Hall–Kier alpha value is -1.59. The average Bonchev–Trinajstić information content (AvgIpc) is 2.26. The second-order valence-electron chi connectivity index (χ2n) is 2.88. The Morgan fingerprint density at radius 2 is 2.07 bits per heavy atom. The van der Waals surface area contributed by atoms with Gasteiger partial charge in [-0.1, -0.05) is 36.3 Å². The van der Waals surface area contributed by atoms with E-state index in [4.69, 9.17) is 0 Å². The summed E-state index contributed by atoms with van der Waals surface area (Å²) in [5.74, 6) is 5.00. The molecule has 1 aromatic rings. The lowest BCUT2D eigenvalue weighted by molar-refractivity contribution is -0.126. The third kappa shape index (κ3) is 2.72. The number of benzene rings is 1. The first-order chi connectivity index (χ1) is 6.75. The van der Waals surface area contributed by atoms with Crippen LogP contribution in [-0.4, -0.2) is 10.9 Å². The summed E-state index contributed by atoms with van der Waals surface area (Å²) in [6.45, 7) is 1.67. The van der Waals surface area contributed by atoms with Gasteiger partial charge in [-0.2, -0.15) is 0 Å². The zero-order chi connectivity index (χ0) is 10.4. The number of hydrogen-bond donors (Lipinski definition) is 1. The third-order valence-electron chi connectivity index (χ3n) is 1.86. The fourth-order valence-corrected chi connectivity index (χ4v) is 1.09. The molecular weight excluding hydrogens is 176 g/mol. The van der Waals surface area contributed by atoms with Crippen molar-refractivity contribution in [2.45, 2.75) is 19.4 Å². The van der Waals surface area contributed by atoms with Gasteiger partial charge in [0.25, 0.3) is 0 Å². The van der Waals surface area contributed by atoms with E-state index in [1.165, 1.54) is 0 Å². The minimum Gasteiger partial charge on any atom is -0.381 e. The van der Waals surface area contributed by atoms with Gasteiger partial charge in [0.2, 0.25) is 0 Å². The van der Waals surface area contributed by atoms with Crippen LogP contribution in [0.3, 0.4) is 0 Å². The molecule has 1 aromatic carbocycles. The summed E-state index contributed by atoms with van der Waals surface area (Å²) in [4.78, 5) is 11.3. The second-order valence-corrected chi connectivity index (χ2v) is 2.88. The molecule has 0 amide bonds. The maximum absolute atomic E-state index is 11.3. The Balaban J connectivity index is 2.69. The van der Waals surface area contributed by atoms with Crippen molar-refractivity contribution in [2.75, 3.05) is 0 Å². The molecule has 1 atom stereocenters. The summed E-state index contributed by atoms with van der Waals surface area (Å²) in [5.41, 5.74) is 0.621. The summed E-state index contributed by atoms with van der Waals surface area (Å²) in [5, 5.41) is 9.60. The summed E-state index contributed by atoms with van der Waals surface area (Å²) >= 11 is 0. The van der Waals surface area contributed by atoms with Crippen molar-refractivity contribution in [3.05, 3.63) is 35.9 Å². The van der Waals surface area contributed by atoms with E-state index in [0.29, 0.717) is 5.56 Å². The van der Waals surface area contributed by atoms with E-state index >= 15 is 0 Å². The van der Waals surface area contributed by atoms with Crippen LogP contribution in [0.2, 0.25) is 0 Å². The van der Waals surface area contributed by atoms with Gasteiger partial charge in [-0.15, -0.1) is 5.92 Å². The maximum atomic E-state index is 11.3. The van der Waals surface area contributed by atoms with Crippen LogP contribution in [0.5, 0.6) is 0 Å². The summed E-state index contributed by atoms with van der Waals surface area (Å²) in [6, 6.07) is 8.87. The van der Waals surface area contributed by atoms with E-state index in [-0.39, 0.29) is 12.2 Å². The van der Waals surface area contributed by atoms with Crippen LogP contribution < -0.4 is 0 Å². The van der Waals surface area contributed by atoms with Crippen LogP contribution >= 0.6 is 0 Å². The highest BCUT2D eigenvalue weighted by Gasteiger charge is 2.14. The Morgan fingerprint density at radius 1 is 1.43 bits per heavy atom. The quantitative estimate of drug-likeness (QED) is 0.733. The van der Waals surface area contributed by atoms with Crippen molar-refractivity contribution in [2.24, 2.45) is 0 Å². The van der Waals surface area contributed by atoms with Crippen molar-refractivity contribution in [3.8, 4) is 11.8 Å². The van der Waals surface area contributed by atoms with E-state index in [1.807, 2.05) is 6.07 Å². The summed E-state index contributed by atoms with van der Waals surface area (Å²) in [6.07, 6.45) is -0.941. The molecule has 0 aliphatic carbocycles. The Labute approximate surface area is 83.6 Å². The van der Waals surface area contributed by atoms with E-state index in [0.717, 1.165) is 0 Å². The standard InChI is InChI=1S/C12H12O2/c1-2-3-9-11(13)12(14)10-7-5-4-6-8-10/h4-8,12,14H,9H2,1H3. The molecule has 1 unspecified atom stereocenters. The van der Waals surface area contributed by atoms with Gasteiger partial charge in [0.05, 0.1) is 6.42 Å². The van der Waals surface area contributed by atoms with E-state index in [1.54, 1.807) is 31.2 Å². The Kier molecular flexibility index (Phi) is 3.90. The van der Waals surface area contributed by atoms with Crippen molar-refractivity contribution in [3.63, 3.8) is 0 Å². The highest BCUT2D eigenvalue weighted by atomic mass is 16.3. The topological polar surface area (TPSA) is 37.3 Å². The van der Waals surface area contributed by atoms with E-state index in [2.05, 4.69) is 11.8 Å². The molecule has 1 N–H and O–H groups in total. The van der Waals surface area contributed by atoms with Gasteiger partial charge in [0, 0.05) is 0 Å². The van der Waals surface area contributed by atoms with Crippen LogP contribution in [0.1, 0.15) is 25.0 Å². The minimum atomic E-state index is -1.04. The predicted molar refractivity (Wildman–Crippen MR) is 54.5 cm³/mol. The molecule has 0 fully saturated rings. The lowest BCUT2D eigenvalue weighted by Crippen LogP contribution is -2.10. The summed E-state index contributed by atoms with van der Waals surface area (Å²) in [7, 11) is 0. The first kappa shape index (κ1) is 10.5. The number of rotatable bonds is 3. The Bertz CT molecular complexity index is 357. The highest BCUT2D eigenvalue weighted by Crippen LogP contribution is 2.13. The zero-order valence-corrected chi connectivity index (χ0v) is 8.03. The zero-order valence-electron chi connectivity index (χ0n) is 8.03. The first-order valence-electron chi connectivity index (χ1n) is 4.41. The monoisotopic (exact) mass is 188 g/mol. The lowest BCUT2D eigenvalue weighted by Gasteiger charge is -2.06. The molecule has 2 heteroatoms. The van der Waals surface area contributed by atoms with Gasteiger partial charge in [-0.25, -0.2) is 0 Å². The van der Waals surface area contributed by atoms with Crippen LogP contribution in [0, 0.1) is 11.8 Å². The molecule has 14 heavy (non-hydrogen) atoms. The van der Waals surface area contributed by atoms with Crippen LogP contribution in [0.25, 0.3) is 0 Å². The van der Waals surface area contributed by atoms with Gasteiger partial charge < -0.3 is 5.11 Å². The Morgan fingerprint density at radius 3 is 2.64 bits per heavy atom. The predicted octanol–water partition coefficient (Wildman–Crippen LogP) is 1.70. The molecule has 0 aromatic heterocycles. The number of Topliss-reactive ketones (excluding diaryl/α,β-unsaturated/α-hetero) is 1. The number of carbonyl (C=O) groups excluding carboxylic acids is 1. The number of hydrogen-bond acceptors (Lipinski definition) is 2. The van der Waals surface area contributed by atoms with Gasteiger partial charge in [0.15, 0.2) is 5.78 Å². The lowest BCUT2D eigenvalue weighted by atomic mass is 10.0. The van der Waals surface area contributed by atoms with Crippen molar-refractivity contribution < 1.29 is 9.90 Å². The summed E-state index contributed by atoms with van der Waals surface area (Å²) < 4.78 is 0. The van der Waals surface area contributed by atoms with Crippen LogP contribution in [0.4, 0.5) is 0 Å². The molecule has 72 valence electrons. The molecule has 0 radical (unpaired) electrons. The maximum Gasteiger partial charge on any atom is 0.177 e. The third-order valence-corrected chi connectivity index (χ3v) is 1.86. The molecule has 0 heterocycles. The number of aliphatic hydroxyl groups is 1. The van der Waals surface area contributed by atoms with Crippen LogP contribution in [0.15, 0.2) is 30.3 Å². The van der Waals surface area contributed by atoms with E-state index < -0.39 is 6.10 Å². The van der Waals surface area contributed by atoms with Gasteiger partial charge >= 0.3 is 0 Å². The number of aliphatic hydroxyl groups excluding tert-OH is 1. The molecule has 0 saturated heterocycles. The molecule has 0 aliphatic rings. The van der Waals surface area contributed by atoms with Gasteiger partial charge in [0.1, 0.15) is 6.10 Å². The van der Waals surface area contributed by atoms with Gasteiger partial charge in [-0.3, -0.25) is 4.79 Å². The minimum absolute atomic E-state index is 0.104.